The van der Waals surface area contributed by atoms with Crippen LogP contribution in [0.15, 0.2) is 24.3 Å². The van der Waals surface area contributed by atoms with Crippen LogP contribution in [0.25, 0.3) is 0 Å². The number of benzene rings is 1. The van der Waals surface area contributed by atoms with E-state index in [0.29, 0.717) is 18.5 Å². The van der Waals surface area contributed by atoms with Crippen LogP contribution in [0.3, 0.4) is 0 Å². The monoisotopic (exact) mass is 300 g/mol. The van der Waals surface area contributed by atoms with Crippen molar-refractivity contribution >= 4 is 10.0 Å². The van der Waals surface area contributed by atoms with E-state index in [1.807, 2.05) is 12.1 Å². The summed E-state index contributed by atoms with van der Waals surface area (Å²) in [6, 6.07) is 7.36. The van der Waals surface area contributed by atoms with Gasteiger partial charge in [0.25, 0.3) is 0 Å². The summed E-state index contributed by atoms with van der Waals surface area (Å²) in [6.07, 6.45) is 3.81. The first-order valence-electron chi connectivity index (χ1n) is 6.88. The molecule has 0 heterocycles. The maximum absolute atomic E-state index is 13.6. The number of hydrogen-bond donors (Lipinski definition) is 2. The minimum atomic E-state index is -3.09. The highest BCUT2D eigenvalue weighted by Crippen LogP contribution is 2.37. The summed E-state index contributed by atoms with van der Waals surface area (Å²) in [6.45, 7) is 1.23. The topological polar surface area (TPSA) is 58.2 Å². The molecule has 1 aromatic carbocycles. The van der Waals surface area contributed by atoms with Gasteiger partial charge < -0.3 is 5.32 Å². The smallest absolute Gasteiger partial charge is 0.208 e. The molecule has 1 aromatic rings. The summed E-state index contributed by atoms with van der Waals surface area (Å²) >= 11 is 0. The van der Waals surface area contributed by atoms with Crippen molar-refractivity contribution in [3.05, 3.63) is 35.6 Å². The quantitative estimate of drug-likeness (QED) is 0.752. The molecular weight excluding hydrogens is 279 g/mol. The second-order valence-corrected chi connectivity index (χ2v) is 7.19. The van der Waals surface area contributed by atoms with Crippen LogP contribution in [-0.4, -0.2) is 33.8 Å². The lowest BCUT2D eigenvalue weighted by atomic mass is 9.75. The molecule has 112 valence electrons. The van der Waals surface area contributed by atoms with Gasteiger partial charge in [0, 0.05) is 12.6 Å². The molecule has 0 bridgehead atoms. The lowest BCUT2D eigenvalue weighted by molar-refractivity contribution is 0.285. The number of rotatable bonds is 7. The molecule has 1 aliphatic carbocycles. The Morgan fingerprint density at radius 1 is 1.25 bits per heavy atom. The van der Waals surface area contributed by atoms with E-state index in [2.05, 4.69) is 10.0 Å². The van der Waals surface area contributed by atoms with E-state index in [0.717, 1.165) is 37.6 Å². The van der Waals surface area contributed by atoms with E-state index >= 15 is 0 Å². The summed E-state index contributed by atoms with van der Waals surface area (Å²) in [5.41, 5.74) is 0.810. The zero-order valence-corrected chi connectivity index (χ0v) is 12.4. The first-order chi connectivity index (χ1) is 9.46. The van der Waals surface area contributed by atoms with Gasteiger partial charge in [-0.2, -0.15) is 0 Å². The van der Waals surface area contributed by atoms with Crippen molar-refractivity contribution < 1.29 is 12.8 Å². The molecule has 0 spiro atoms. The Bertz CT molecular complexity index is 542. The fourth-order valence-electron chi connectivity index (χ4n) is 2.50. The molecule has 1 aliphatic rings. The van der Waals surface area contributed by atoms with E-state index < -0.39 is 10.0 Å². The molecule has 4 nitrogen and oxygen atoms in total. The minimum Gasteiger partial charge on any atom is -0.314 e. The average Bonchev–Trinajstić information content (AvgIpc) is 2.31. The van der Waals surface area contributed by atoms with Crippen LogP contribution >= 0.6 is 0 Å². The van der Waals surface area contributed by atoms with E-state index in [4.69, 9.17) is 0 Å². The van der Waals surface area contributed by atoms with E-state index in [-0.39, 0.29) is 5.82 Å². The molecule has 0 amide bonds. The highest BCUT2D eigenvalue weighted by atomic mass is 32.2. The Hall–Kier alpha value is -0.980. The van der Waals surface area contributed by atoms with Crippen molar-refractivity contribution in [2.45, 2.75) is 31.2 Å². The van der Waals surface area contributed by atoms with E-state index in [1.54, 1.807) is 6.07 Å². The van der Waals surface area contributed by atoms with E-state index in [9.17, 15) is 12.8 Å². The van der Waals surface area contributed by atoms with Crippen LogP contribution in [0.1, 0.15) is 30.7 Å². The van der Waals surface area contributed by atoms with Gasteiger partial charge in [-0.1, -0.05) is 18.2 Å². The third-order valence-corrected chi connectivity index (χ3v) is 4.36. The van der Waals surface area contributed by atoms with Crippen molar-refractivity contribution in [3.8, 4) is 0 Å². The molecule has 2 rings (SSSR count). The Labute approximate surface area is 119 Å². The van der Waals surface area contributed by atoms with Gasteiger partial charge in [0.15, 0.2) is 0 Å². The molecule has 0 aromatic heterocycles. The fraction of sp³-hybridized carbons (Fsp3) is 0.571. The van der Waals surface area contributed by atoms with Crippen LogP contribution in [0.2, 0.25) is 0 Å². The van der Waals surface area contributed by atoms with Crippen LogP contribution in [0.5, 0.6) is 0 Å². The van der Waals surface area contributed by atoms with Gasteiger partial charge in [-0.05, 0) is 43.4 Å². The fourth-order valence-corrected chi connectivity index (χ4v) is 3.01. The third-order valence-electron chi connectivity index (χ3n) is 3.63. The predicted octanol–water partition coefficient (Wildman–Crippen LogP) is 1.60. The molecule has 1 saturated carbocycles. The molecule has 0 unspecified atom stereocenters. The van der Waals surface area contributed by atoms with Crippen molar-refractivity contribution in [1.29, 1.82) is 0 Å². The SMILES string of the molecule is CS(=O)(=O)NCCCNC1CC(c2ccccc2F)C1. The molecule has 0 atom stereocenters. The maximum Gasteiger partial charge on any atom is 0.208 e. The molecule has 20 heavy (non-hydrogen) atoms. The van der Waals surface area contributed by atoms with Crippen molar-refractivity contribution in [1.82, 2.24) is 10.0 Å². The van der Waals surface area contributed by atoms with Gasteiger partial charge >= 0.3 is 0 Å². The first-order valence-corrected chi connectivity index (χ1v) is 8.77. The number of nitrogens with one attached hydrogen (secondary N) is 2. The summed E-state index contributed by atoms with van der Waals surface area (Å²) < 4.78 is 37.7. The number of sulfonamides is 1. The van der Waals surface area contributed by atoms with E-state index in [1.165, 1.54) is 6.07 Å². The number of halogens is 1. The molecule has 0 aliphatic heterocycles. The van der Waals surface area contributed by atoms with Gasteiger partial charge in [-0.3, -0.25) is 0 Å². The highest BCUT2D eigenvalue weighted by molar-refractivity contribution is 7.88. The molecule has 0 radical (unpaired) electrons. The summed E-state index contributed by atoms with van der Waals surface area (Å²) in [5, 5.41) is 3.37. The Balaban J connectivity index is 1.62. The minimum absolute atomic E-state index is 0.117. The highest BCUT2D eigenvalue weighted by Gasteiger charge is 2.31. The Morgan fingerprint density at radius 2 is 1.95 bits per heavy atom. The Morgan fingerprint density at radius 3 is 2.60 bits per heavy atom. The van der Waals surface area contributed by atoms with Gasteiger partial charge in [-0.15, -0.1) is 0 Å². The Kier molecular flexibility index (Phi) is 5.12. The summed E-state index contributed by atoms with van der Waals surface area (Å²) in [7, 11) is -3.09. The first kappa shape index (κ1) is 15.4. The standard InChI is InChI=1S/C14H21FN2O2S/c1-20(18,19)17-8-4-7-16-12-9-11(10-12)13-5-2-3-6-14(13)15/h2-3,5-6,11-12,16-17H,4,7-10H2,1H3. The second kappa shape index (κ2) is 6.65. The third kappa shape index (κ3) is 4.54. The van der Waals surface area contributed by atoms with Crippen LogP contribution < -0.4 is 10.0 Å². The molecule has 6 heteroatoms. The van der Waals surface area contributed by atoms with Crippen LogP contribution in [0.4, 0.5) is 4.39 Å². The van der Waals surface area contributed by atoms with Crippen molar-refractivity contribution in [2.24, 2.45) is 0 Å². The van der Waals surface area contributed by atoms with Gasteiger partial charge in [0.1, 0.15) is 5.82 Å². The van der Waals surface area contributed by atoms with Gasteiger partial charge in [0.05, 0.1) is 6.26 Å². The molecule has 1 fully saturated rings. The second-order valence-electron chi connectivity index (χ2n) is 5.36. The maximum atomic E-state index is 13.6. The molecular formula is C14H21FN2O2S. The van der Waals surface area contributed by atoms with Crippen molar-refractivity contribution in [3.63, 3.8) is 0 Å². The summed E-state index contributed by atoms with van der Waals surface area (Å²) in [5.74, 6) is 0.191. The van der Waals surface area contributed by atoms with Crippen LogP contribution in [-0.2, 0) is 10.0 Å². The zero-order valence-electron chi connectivity index (χ0n) is 11.6. The average molecular weight is 300 g/mol. The van der Waals surface area contributed by atoms with Crippen LogP contribution in [0, 0.1) is 5.82 Å². The molecule has 2 N–H and O–H groups in total. The number of hydrogen-bond acceptors (Lipinski definition) is 3. The normalized spacial score (nSPS) is 22.5. The largest absolute Gasteiger partial charge is 0.314 e. The predicted molar refractivity (Wildman–Crippen MR) is 77.6 cm³/mol. The lowest BCUT2D eigenvalue weighted by Gasteiger charge is -2.36. The summed E-state index contributed by atoms with van der Waals surface area (Å²) in [4.78, 5) is 0. The lowest BCUT2D eigenvalue weighted by Crippen LogP contribution is -2.41. The van der Waals surface area contributed by atoms with Gasteiger partial charge in [-0.25, -0.2) is 17.5 Å². The molecule has 0 saturated heterocycles. The zero-order chi connectivity index (χ0) is 14.6. The van der Waals surface area contributed by atoms with Crippen molar-refractivity contribution in [2.75, 3.05) is 19.3 Å². The van der Waals surface area contributed by atoms with Gasteiger partial charge in [0.2, 0.25) is 10.0 Å².